The molecule has 0 aliphatic rings. The van der Waals surface area contributed by atoms with Crippen molar-refractivity contribution in [3.05, 3.63) is 57.9 Å². The van der Waals surface area contributed by atoms with E-state index >= 15 is 0 Å². The minimum Gasteiger partial charge on any atom is -0.412 e. The maximum Gasteiger partial charge on any atom is 0.417 e. The van der Waals surface area contributed by atoms with Crippen LogP contribution in [0.4, 0.5) is 18.9 Å². The Morgan fingerprint density at radius 1 is 1.23 bits per heavy atom. The Morgan fingerprint density at radius 3 is 2.50 bits per heavy atom. The van der Waals surface area contributed by atoms with Crippen molar-refractivity contribution >= 4 is 29.2 Å². The SMILES string of the molecule is CON(C)C(=O)c1ncc(C)cc1NOOC(=O)c1ccc(Cl)c(C(F)(F)F)c1.O. The first-order valence-corrected chi connectivity index (χ1v) is 8.21. The number of halogens is 4. The van der Waals surface area contributed by atoms with E-state index in [1.54, 1.807) is 6.92 Å². The minimum atomic E-state index is -4.75. The normalized spacial score (nSPS) is 10.8. The fourth-order valence-electron chi connectivity index (χ4n) is 2.07. The zero-order valence-electron chi connectivity index (χ0n) is 15.8. The summed E-state index contributed by atoms with van der Waals surface area (Å²) in [5.41, 5.74) is 1.15. The van der Waals surface area contributed by atoms with Gasteiger partial charge in [0.25, 0.3) is 5.91 Å². The van der Waals surface area contributed by atoms with Gasteiger partial charge >= 0.3 is 12.1 Å². The highest BCUT2D eigenvalue weighted by Crippen LogP contribution is 2.35. The predicted molar refractivity (Wildman–Crippen MR) is 98.3 cm³/mol. The van der Waals surface area contributed by atoms with Crippen LogP contribution in [-0.2, 0) is 20.9 Å². The lowest BCUT2D eigenvalue weighted by atomic mass is 10.1. The third-order valence-corrected chi connectivity index (χ3v) is 3.89. The number of hydrogen-bond donors (Lipinski definition) is 1. The quantitative estimate of drug-likeness (QED) is 0.529. The topological polar surface area (TPSA) is 121 Å². The number of benzene rings is 1. The maximum atomic E-state index is 12.9. The number of aryl methyl sites for hydroxylation is 1. The smallest absolute Gasteiger partial charge is 0.412 e. The summed E-state index contributed by atoms with van der Waals surface area (Å²) in [6.07, 6.45) is -3.33. The third-order valence-electron chi connectivity index (χ3n) is 3.56. The lowest BCUT2D eigenvalue weighted by Crippen LogP contribution is -2.27. The summed E-state index contributed by atoms with van der Waals surface area (Å²) in [4.78, 5) is 42.0. The van der Waals surface area contributed by atoms with Crippen LogP contribution in [0.3, 0.4) is 0 Å². The molecule has 1 aromatic heterocycles. The Kier molecular flexibility index (Phi) is 8.54. The molecule has 0 bridgehead atoms. The van der Waals surface area contributed by atoms with Crippen molar-refractivity contribution in [1.82, 2.24) is 10.0 Å². The number of anilines is 1. The second-order valence-corrected chi connectivity index (χ2v) is 6.05. The highest BCUT2D eigenvalue weighted by molar-refractivity contribution is 6.31. The summed E-state index contributed by atoms with van der Waals surface area (Å²) in [6.45, 7) is 1.69. The van der Waals surface area contributed by atoms with Crippen molar-refractivity contribution < 1.29 is 42.9 Å². The summed E-state index contributed by atoms with van der Waals surface area (Å²) in [7, 11) is 2.63. The molecule has 2 rings (SSSR count). The second kappa shape index (κ2) is 10.2. The first-order chi connectivity index (χ1) is 13.5. The maximum absolute atomic E-state index is 12.9. The molecule has 3 N–H and O–H groups in total. The Bertz CT molecular complexity index is 926. The van der Waals surface area contributed by atoms with E-state index in [4.69, 9.17) is 16.4 Å². The van der Waals surface area contributed by atoms with Crippen molar-refractivity contribution in [2.75, 3.05) is 19.6 Å². The monoisotopic (exact) mass is 451 g/mol. The van der Waals surface area contributed by atoms with Gasteiger partial charge in [-0.15, -0.1) is 0 Å². The van der Waals surface area contributed by atoms with Gasteiger partial charge in [0.05, 0.1) is 28.9 Å². The van der Waals surface area contributed by atoms with Crippen molar-refractivity contribution in [2.45, 2.75) is 13.1 Å². The molecule has 30 heavy (non-hydrogen) atoms. The molecule has 0 saturated heterocycles. The standard InChI is InChI=1S/C17H15ClF3N3O5.H2O/c1-9-6-13(14(22-8-9)15(25)24(2)27-3)23-29-28-16(26)10-4-5-12(18)11(7-10)17(19,20)21;/h4-8,23H,1-3H3;1H2. The number of nitrogens with one attached hydrogen (secondary N) is 1. The van der Waals surface area contributed by atoms with Gasteiger partial charge in [-0.1, -0.05) is 16.6 Å². The molecular weight excluding hydrogens is 435 g/mol. The highest BCUT2D eigenvalue weighted by atomic mass is 35.5. The van der Waals surface area contributed by atoms with Gasteiger partial charge in [0.2, 0.25) is 0 Å². The fourth-order valence-corrected chi connectivity index (χ4v) is 2.30. The average Bonchev–Trinajstić information content (AvgIpc) is 2.66. The minimum absolute atomic E-state index is 0. The second-order valence-electron chi connectivity index (χ2n) is 5.64. The van der Waals surface area contributed by atoms with Gasteiger partial charge in [0.15, 0.2) is 5.69 Å². The van der Waals surface area contributed by atoms with Crippen molar-refractivity contribution in [1.29, 1.82) is 0 Å². The molecule has 1 aromatic carbocycles. The van der Waals surface area contributed by atoms with E-state index in [1.807, 2.05) is 0 Å². The summed E-state index contributed by atoms with van der Waals surface area (Å²) >= 11 is 5.50. The Labute approximate surface area is 173 Å². The molecule has 1 heterocycles. The van der Waals surface area contributed by atoms with E-state index in [0.29, 0.717) is 11.6 Å². The number of nitrogens with zero attached hydrogens (tertiary/aromatic N) is 2. The molecular formula is C17H17ClF3N3O6. The van der Waals surface area contributed by atoms with E-state index in [9.17, 15) is 22.8 Å². The predicted octanol–water partition coefficient (Wildman–Crippen LogP) is 2.99. The van der Waals surface area contributed by atoms with Gasteiger partial charge in [0.1, 0.15) is 0 Å². The summed E-state index contributed by atoms with van der Waals surface area (Å²) in [6, 6.07) is 3.96. The lowest BCUT2D eigenvalue weighted by Gasteiger charge is -2.16. The zero-order valence-corrected chi connectivity index (χ0v) is 16.6. The molecule has 0 fully saturated rings. The van der Waals surface area contributed by atoms with Crippen LogP contribution in [0.5, 0.6) is 0 Å². The van der Waals surface area contributed by atoms with Crippen molar-refractivity contribution in [3.8, 4) is 0 Å². The Balaban J connectivity index is 0.00000450. The van der Waals surface area contributed by atoms with E-state index in [-0.39, 0.29) is 16.9 Å². The van der Waals surface area contributed by atoms with Crippen molar-refractivity contribution in [3.63, 3.8) is 0 Å². The number of pyridine rings is 1. The Hall–Kier alpha value is -2.93. The number of carbonyl (C=O) groups excluding carboxylic acids is 2. The van der Waals surface area contributed by atoms with Crippen molar-refractivity contribution in [2.24, 2.45) is 0 Å². The van der Waals surface area contributed by atoms with Crippen LogP contribution < -0.4 is 5.48 Å². The van der Waals surface area contributed by atoms with E-state index < -0.39 is 34.2 Å². The van der Waals surface area contributed by atoms with Gasteiger partial charge < -0.3 is 5.48 Å². The summed E-state index contributed by atoms with van der Waals surface area (Å²) in [5.74, 6) is -1.85. The summed E-state index contributed by atoms with van der Waals surface area (Å²) in [5, 5.41) is 0.339. The van der Waals surface area contributed by atoms with Gasteiger partial charge in [-0.3, -0.25) is 14.5 Å². The number of amides is 1. The van der Waals surface area contributed by atoms with E-state index in [2.05, 4.69) is 20.3 Å². The largest absolute Gasteiger partial charge is 0.417 e. The van der Waals surface area contributed by atoms with Crippen LogP contribution in [0.1, 0.15) is 32.0 Å². The molecule has 0 aliphatic heterocycles. The van der Waals surface area contributed by atoms with Crippen LogP contribution in [0.25, 0.3) is 0 Å². The van der Waals surface area contributed by atoms with Gasteiger partial charge in [-0.2, -0.15) is 13.2 Å². The molecule has 13 heteroatoms. The van der Waals surface area contributed by atoms with Crippen LogP contribution in [0, 0.1) is 6.92 Å². The van der Waals surface area contributed by atoms with Crippen LogP contribution in [-0.4, -0.2) is 41.6 Å². The first-order valence-electron chi connectivity index (χ1n) is 7.84. The van der Waals surface area contributed by atoms with Crippen LogP contribution >= 0.6 is 11.6 Å². The van der Waals surface area contributed by atoms with Crippen LogP contribution in [0.2, 0.25) is 5.02 Å². The number of hydrogen-bond acceptors (Lipinski definition) is 7. The van der Waals surface area contributed by atoms with E-state index in [1.165, 1.54) is 26.4 Å². The van der Waals surface area contributed by atoms with Gasteiger partial charge in [0, 0.05) is 13.2 Å². The molecule has 0 atom stereocenters. The van der Waals surface area contributed by atoms with Gasteiger partial charge in [-0.25, -0.2) is 20.3 Å². The number of hydroxylamine groups is 2. The lowest BCUT2D eigenvalue weighted by molar-refractivity contribution is -0.216. The number of aromatic nitrogens is 1. The summed E-state index contributed by atoms with van der Waals surface area (Å²) < 4.78 is 38.7. The molecule has 0 aliphatic carbocycles. The molecule has 9 nitrogen and oxygen atoms in total. The van der Waals surface area contributed by atoms with Crippen LogP contribution in [0.15, 0.2) is 30.5 Å². The molecule has 1 amide bonds. The highest BCUT2D eigenvalue weighted by Gasteiger charge is 2.34. The zero-order chi connectivity index (χ0) is 21.8. The number of alkyl halides is 3. The van der Waals surface area contributed by atoms with E-state index in [0.717, 1.165) is 17.2 Å². The first kappa shape index (κ1) is 25.1. The molecule has 0 spiro atoms. The van der Waals surface area contributed by atoms with Gasteiger partial charge in [-0.05, 0) is 36.8 Å². The molecule has 164 valence electrons. The Morgan fingerprint density at radius 2 is 1.90 bits per heavy atom. The molecule has 0 radical (unpaired) electrons. The molecule has 0 saturated carbocycles. The third kappa shape index (κ3) is 6.03. The number of rotatable bonds is 6. The average molecular weight is 452 g/mol. The molecule has 2 aromatic rings. The fraction of sp³-hybridized carbons (Fsp3) is 0.235. The molecule has 0 unspecified atom stereocenters. The number of carbonyl (C=O) groups is 2.